The first-order valence-corrected chi connectivity index (χ1v) is 5.73. The van der Waals surface area contributed by atoms with Crippen molar-refractivity contribution in [2.75, 3.05) is 32.1 Å². The summed E-state index contributed by atoms with van der Waals surface area (Å²) >= 11 is 0. The van der Waals surface area contributed by atoms with E-state index in [0.717, 1.165) is 0 Å². The molecular formula is C11H16N4O3. The van der Waals surface area contributed by atoms with Crippen LogP contribution in [-0.4, -0.2) is 48.3 Å². The van der Waals surface area contributed by atoms with E-state index in [1.54, 1.807) is 6.92 Å². The molecule has 0 radical (unpaired) electrons. The Morgan fingerprint density at radius 2 is 2.44 bits per heavy atom. The molecule has 0 unspecified atom stereocenters. The van der Waals surface area contributed by atoms with E-state index in [0.29, 0.717) is 37.6 Å². The molecule has 1 aliphatic rings. The van der Waals surface area contributed by atoms with Crippen molar-refractivity contribution in [3.05, 3.63) is 17.5 Å². The molecule has 1 aromatic rings. The van der Waals surface area contributed by atoms with Gasteiger partial charge >= 0.3 is 0 Å². The zero-order valence-corrected chi connectivity index (χ0v) is 10.2. The second kappa shape index (κ2) is 5.74. The van der Waals surface area contributed by atoms with Gasteiger partial charge in [-0.05, 0) is 6.92 Å². The van der Waals surface area contributed by atoms with Crippen molar-refractivity contribution in [1.82, 2.24) is 15.3 Å². The third-order valence-electron chi connectivity index (χ3n) is 2.62. The van der Waals surface area contributed by atoms with Crippen molar-refractivity contribution in [2.24, 2.45) is 0 Å². The van der Waals surface area contributed by atoms with Gasteiger partial charge in [0.15, 0.2) is 0 Å². The Bertz CT molecular complexity index is 432. The number of rotatable bonds is 3. The number of aryl methyl sites for hydroxylation is 1. The Hall–Kier alpha value is -1.73. The Morgan fingerprint density at radius 3 is 3.11 bits per heavy atom. The Morgan fingerprint density at radius 1 is 1.61 bits per heavy atom. The highest BCUT2D eigenvalue weighted by Crippen LogP contribution is 2.05. The molecule has 98 valence electrons. The lowest BCUT2D eigenvalue weighted by Crippen LogP contribution is -2.40. The quantitative estimate of drug-likeness (QED) is 0.753. The van der Waals surface area contributed by atoms with Gasteiger partial charge in [0, 0.05) is 12.7 Å². The summed E-state index contributed by atoms with van der Waals surface area (Å²) in [5, 5.41) is 2.76. The van der Waals surface area contributed by atoms with Crippen LogP contribution in [0.5, 0.6) is 0 Å². The maximum atomic E-state index is 11.9. The van der Waals surface area contributed by atoms with E-state index in [1.807, 2.05) is 0 Å². The minimum atomic E-state index is -0.235. The minimum absolute atomic E-state index is 0.0993. The van der Waals surface area contributed by atoms with Crippen LogP contribution >= 0.6 is 0 Å². The number of ether oxygens (including phenoxy) is 2. The van der Waals surface area contributed by atoms with Gasteiger partial charge in [-0.25, -0.2) is 9.97 Å². The molecule has 2 heterocycles. The predicted octanol–water partition coefficient (Wildman–Crippen LogP) is -0.488. The average molecular weight is 252 g/mol. The minimum Gasteiger partial charge on any atom is -0.376 e. The van der Waals surface area contributed by atoms with Crippen molar-refractivity contribution >= 4 is 11.9 Å². The van der Waals surface area contributed by atoms with Gasteiger partial charge in [-0.3, -0.25) is 4.79 Å². The van der Waals surface area contributed by atoms with E-state index in [-0.39, 0.29) is 18.0 Å². The van der Waals surface area contributed by atoms with Crippen LogP contribution < -0.4 is 11.1 Å². The van der Waals surface area contributed by atoms with E-state index in [9.17, 15) is 4.79 Å². The number of hydrogen-bond acceptors (Lipinski definition) is 6. The summed E-state index contributed by atoms with van der Waals surface area (Å²) in [5.74, 6) is -0.0743. The highest BCUT2D eigenvalue weighted by molar-refractivity contribution is 5.94. The second-order valence-electron chi connectivity index (χ2n) is 4.01. The number of nitrogens with two attached hydrogens (primary N) is 1. The number of anilines is 1. The fourth-order valence-electron chi connectivity index (χ4n) is 1.66. The average Bonchev–Trinajstić information content (AvgIpc) is 2.37. The third-order valence-corrected chi connectivity index (χ3v) is 2.62. The maximum Gasteiger partial charge on any atom is 0.254 e. The number of hydrogen-bond donors (Lipinski definition) is 2. The van der Waals surface area contributed by atoms with Crippen molar-refractivity contribution in [1.29, 1.82) is 0 Å². The van der Waals surface area contributed by atoms with Crippen molar-refractivity contribution < 1.29 is 14.3 Å². The molecule has 0 bridgehead atoms. The first-order chi connectivity index (χ1) is 8.66. The molecule has 18 heavy (non-hydrogen) atoms. The van der Waals surface area contributed by atoms with Crippen LogP contribution in [0.25, 0.3) is 0 Å². The van der Waals surface area contributed by atoms with Gasteiger partial charge in [-0.2, -0.15) is 0 Å². The number of aromatic nitrogens is 2. The number of nitrogen functional groups attached to an aromatic ring is 1. The highest BCUT2D eigenvalue weighted by Gasteiger charge is 2.17. The van der Waals surface area contributed by atoms with E-state index < -0.39 is 0 Å². The summed E-state index contributed by atoms with van der Waals surface area (Å²) in [4.78, 5) is 19.6. The van der Waals surface area contributed by atoms with Crippen LogP contribution in [0.15, 0.2) is 6.20 Å². The number of carbonyl (C=O) groups excluding carboxylic acids is 1. The molecule has 0 aliphatic carbocycles. The van der Waals surface area contributed by atoms with Crippen LogP contribution in [0, 0.1) is 6.92 Å². The lowest BCUT2D eigenvalue weighted by atomic mass is 10.2. The molecule has 1 aromatic heterocycles. The maximum absolute atomic E-state index is 11.9. The van der Waals surface area contributed by atoms with Crippen molar-refractivity contribution in [2.45, 2.75) is 13.0 Å². The molecule has 1 fully saturated rings. The zero-order valence-electron chi connectivity index (χ0n) is 10.2. The fraction of sp³-hybridized carbons (Fsp3) is 0.545. The summed E-state index contributed by atoms with van der Waals surface area (Å²) in [6, 6.07) is 0. The van der Waals surface area contributed by atoms with Crippen LogP contribution in [0.2, 0.25) is 0 Å². The zero-order chi connectivity index (χ0) is 13.0. The Kier molecular flexibility index (Phi) is 4.06. The standard InChI is InChI=1S/C11H16N4O3/c1-7-9(5-14-11(12)15-7)10(16)13-4-8-6-17-2-3-18-8/h5,8H,2-4,6H2,1H3,(H,13,16)(H2,12,14,15)/t8-/m1/s1. The summed E-state index contributed by atoms with van der Waals surface area (Å²) in [5.41, 5.74) is 6.40. The normalized spacial score (nSPS) is 19.5. The third kappa shape index (κ3) is 3.14. The van der Waals surface area contributed by atoms with E-state index in [2.05, 4.69) is 15.3 Å². The molecule has 0 aromatic carbocycles. The number of nitrogens with one attached hydrogen (secondary N) is 1. The van der Waals surface area contributed by atoms with Crippen LogP contribution in [0.3, 0.4) is 0 Å². The molecule has 2 rings (SSSR count). The number of amides is 1. The smallest absolute Gasteiger partial charge is 0.254 e. The number of carbonyl (C=O) groups is 1. The summed E-state index contributed by atoms with van der Waals surface area (Å²) in [6.07, 6.45) is 1.32. The summed E-state index contributed by atoms with van der Waals surface area (Å²) < 4.78 is 10.7. The van der Waals surface area contributed by atoms with Crippen LogP contribution in [-0.2, 0) is 9.47 Å². The molecular weight excluding hydrogens is 236 g/mol. The molecule has 3 N–H and O–H groups in total. The first kappa shape index (κ1) is 12.7. The van der Waals surface area contributed by atoms with Gasteiger partial charge in [0.05, 0.1) is 37.2 Å². The van der Waals surface area contributed by atoms with Gasteiger partial charge in [0.2, 0.25) is 5.95 Å². The SMILES string of the molecule is Cc1nc(N)ncc1C(=O)NC[C@@H]1COCCO1. The molecule has 7 heteroatoms. The van der Waals surface area contributed by atoms with Crippen LogP contribution in [0.4, 0.5) is 5.95 Å². The molecule has 1 aliphatic heterocycles. The first-order valence-electron chi connectivity index (χ1n) is 5.73. The number of nitrogens with zero attached hydrogens (tertiary/aromatic N) is 2. The summed E-state index contributed by atoms with van der Waals surface area (Å²) in [6.45, 7) is 3.78. The molecule has 0 saturated carbocycles. The monoisotopic (exact) mass is 252 g/mol. The van der Waals surface area contributed by atoms with Gasteiger partial charge in [0.25, 0.3) is 5.91 Å². The highest BCUT2D eigenvalue weighted by atomic mass is 16.6. The Labute approximate surface area is 105 Å². The van der Waals surface area contributed by atoms with Crippen molar-refractivity contribution in [3.63, 3.8) is 0 Å². The van der Waals surface area contributed by atoms with E-state index in [1.165, 1.54) is 6.20 Å². The lowest BCUT2D eigenvalue weighted by Gasteiger charge is -2.23. The molecule has 7 nitrogen and oxygen atoms in total. The molecule has 1 atom stereocenters. The summed E-state index contributed by atoms with van der Waals surface area (Å²) in [7, 11) is 0. The van der Waals surface area contributed by atoms with E-state index in [4.69, 9.17) is 15.2 Å². The van der Waals surface area contributed by atoms with Gasteiger partial charge in [-0.1, -0.05) is 0 Å². The lowest BCUT2D eigenvalue weighted by molar-refractivity contribution is -0.0855. The largest absolute Gasteiger partial charge is 0.376 e. The van der Waals surface area contributed by atoms with Gasteiger partial charge < -0.3 is 20.5 Å². The topological polar surface area (TPSA) is 99.4 Å². The second-order valence-corrected chi connectivity index (χ2v) is 4.01. The molecule has 0 spiro atoms. The van der Waals surface area contributed by atoms with Gasteiger partial charge in [-0.15, -0.1) is 0 Å². The molecule has 1 amide bonds. The fourth-order valence-corrected chi connectivity index (χ4v) is 1.66. The predicted molar refractivity (Wildman–Crippen MR) is 64.1 cm³/mol. The van der Waals surface area contributed by atoms with Crippen molar-refractivity contribution in [3.8, 4) is 0 Å². The van der Waals surface area contributed by atoms with E-state index >= 15 is 0 Å². The van der Waals surface area contributed by atoms with Crippen LogP contribution in [0.1, 0.15) is 16.1 Å². The van der Waals surface area contributed by atoms with Gasteiger partial charge in [0.1, 0.15) is 0 Å². The molecule has 1 saturated heterocycles. The Balaban J connectivity index is 1.90.